The number of allylic oxidation sites excluding steroid dienone is 1. The highest BCUT2D eigenvalue weighted by atomic mass is 32.2. The van der Waals surface area contributed by atoms with Crippen LogP contribution in [0.3, 0.4) is 0 Å². The number of nitrogens with one attached hydrogen (secondary N) is 1. The van der Waals surface area contributed by atoms with Crippen LogP contribution in [0, 0.1) is 29.5 Å². The Morgan fingerprint density at radius 2 is 2.22 bits per heavy atom. The molecule has 0 spiro atoms. The summed E-state index contributed by atoms with van der Waals surface area (Å²) in [7, 11) is 0.00101. The number of aromatic nitrogens is 1. The summed E-state index contributed by atoms with van der Waals surface area (Å²) in [6, 6.07) is 8.59. The Balaban J connectivity index is 2.60. The fourth-order valence-electron chi connectivity index (χ4n) is 2.67. The molecule has 142 valence electrons. The van der Waals surface area contributed by atoms with Crippen molar-refractivity contribution in [2.75, 3.05) is 18.6 Å². The molecule has 1 aromatic heterocycles. The predicted octanol–water partition coefficient (Wildman–Crippen LogP) is 3.73. The summed E-state index contributed by atoms with van der Waals surface area (Å²) in [5.41, 5.74) is 8.39. The Morgan fingerprint density at radius 3 is 2.78 bits per heavy atom. The van der Waals surface area contributed by atoms with Crippen molar-refractivity contribution in [1.82, 2.24) is 4.57 Å². The van der Waals surface area contributed by atoms with Crippen LogP contribution in [0.15, 0.2) is 30.5 Å². The minimum Gasteiger partial charge on any atom is -0.404 e. The van der Waals surface area contributed by atoms with Gasteiger partial charge in [-0.3, -0.25) is 0 Å². The summed E-state index contributed by atoms with van der Waals surface area (Å²) >= 11 is 0. The molecule has 2 aromatic rings. The van der Waals surface area contributed by atoms with Crippen molar-refractivity contribution in [3.05, 3.63) is 53.1 Å². The summed E-state index contributed by atoms with van der Waals surface area (Å²) in [6.07, 6.45) is 4.41. The van der Waals surface area contributed by atoms with Crippen LogP contribution < -0.4 is 5.73 Å². The Morgan fingerprint density at radius 1 is 1.48 bits per heavy atom. The Hall–Kier alpha value is -2.69. The quantitative estimate of drug-likeness (QED) is 0.412. The molecular formula is C20H23FN4OS. The third-order valence-corrected chi connectivity index (χ3v) is 4.89. The number of benzene rings is 1. The second-order valence-corrected chi connectivity index (χ2v) is 8.08. The lowest BCUT2D eigenvalue weighted by atomic mass is 10.1. The molecule has 1 atom stereocenters. The van der Waals surface area contributed by atoms with Gasteiger partial charge in [0.15, 0.2) is 0 Å². The zero-order chi connectivity index (χ0) is 20.0. The summed E-state index contributed by atoms with van der Waals surface area (Å²) < 4.78 is 22.1. The zero-order valence-corrected chi connectivity index (χ0v) is 16.3. The lowest BCUT2D eigenvalue weighted by molar-refractivity contribution is 0.0907. The van der Waals surface area contributed by atoms with Crippen molar-refractivity contribution in [3.8, 4) is 17.3 Å². The van der Waals surface area contributed by atoms with Gasteiger partial charge >= 0.3 is 0 Å². The normalized spacial score (nSPS) is 12.6. The van der Waals surface area contributed by atoms with Crippen LogP contribution in [0.4, 0.5) is 4.39 Å². The molecule has 0 unspecified atom stereocenters. The SMILES string of the molecule is C=[S@@](C)CCOCn1c(/C(C=N)=C/N)cc(C#N)c1-c1ccc(C)cc1F. The molecule has 1 aromatic carbocycles. The fraction of sp³-hybridized carbons (Fsp3) is 0.250. The summed E-state index contributed by atoms with van der Waals surface area (Å²) in [5, 5.41) is 17.2. The molecule has 27 heavy (non-hydrogen) atoms. The highest BCUT2D eigenvalue weighted by molar-refractivity contribution is 8.13. The molecule has 0 aliphatic rings. The van der Waals surface area contributed by atoms with E-state index in [1.807, 2.05) is 6.26 Å². The van der Waals surface area contributed by atoms with Crippen LogP contribution in [0.2, 0.25) is 0 Å². The number of aryl methyl sites for hydroxylation is 1. The van der Waals surface area contributed by atoms with E-state index in [4.69, 9.17) is 15.9 Å². The number of rotatable bonds is 8. The smallest absolute Gasteiger partial charge is 0.132 e. The molecule has 3 N–H and O–H groups in total. The van der Waals surface area contributed by atoms with E-state index >= 15 is 0 Å². The number of hydrogen-bond acceptors (Lipinski definition) is 4. The van der Waals surface area contributed by atoms with Gasteiger partial charge in [0.05, 0.1) is 23.6 Å². The monoisotopic (exact) mass is 386 g/mol. The molecule has 2 rings (SSSR count). The number of ether oxygens (including phenoxy) is 1. The van der Waals surface area contributed by atoms with Crippen molar-refractivity contribution in [1.29, 1.82) is 10.7 Å². The summed E-state index contributed by atoms with van der Waals surface area (Å²) in [6.45, 7) is 2.41. The molecule has 0 amide bonds. The van der Waals surface area contributed by atoms with Crippen molar-refractivity contribution < 1.29 is 9.13 Å². The van der Waals surface area contributed by atoms with Gasteiger partial charge in [0.1, 0.15) is 18.6 Å². The molecular weight excluding hydrogens is 363 g/mol. The standard InChI is InChI=1S/C20H23FN4OS/c1-14-4-5-17(18(21)8-14)20-15(10-22)9-19(16(11-23)12-24)25(20)13-26-6-7-27(2)3/h4-5,8-9,11-12,23H,2,6-7,13,24H2,1,3H3/b16-12+,23-11?/t27-/m0/s1. The second-order valence-electron chi connectivity index (χ2n) is 6.10. The average Bonchev–Trinajstić information content (AvgIpc) is 2.98. The molecule has 5 nitrogen and oxygen atoms in total. The minimum atomic E-state index is -0.418. The first-order valence-electron chi connectivity index (χ1n) is 8.25. The van der Waals surface area contributed by atoms with Crippen molar-refractivity contribution in [3.63, 3.8) is 0 Å². The van der Waals surface area contributed by atoms with Crippen LogP contribution in [-0.2, 0) is 11.5 Å². The van der Waals surface area contributed by atoms with E-state index in [0.717, 1.165) is 17.5 Å². The molecule has 1 heterocycles. The number of hydrogen-bond donors (Lipinski definition) is 2. The molecule has 0 saturated carbocycles. The Bertz CT molecular complexity index is 940. The molecule has 0 aliphatic carbocycles. The molecule has 0 aliphatic heterocycles. The van der Waals surface area contributed by atoms with Crippen LogP contribution in [0.25, 0.3) is 16.8 Å². The van der Waals surface area contributed by atoms with Gasteiger partial charge < -0.3 is 20.4 Å². The summed E-state index contributed by atoms with van der Waals surface area (Å²) in [4.78, 5) is 0. The van der Waals surface area contributed by atoms with E-state index < -0.39 is 5.82 Å². The topological polar surface area (TPSA) is 87.8 Å². The van der Waals surface area contributed by atoms with Crippen LogP contribution in [0.5, 0.6) is 0 Å². The first kappa shape index (κ1) is 20.6. The third-order valence-electron chi connectivity index (χ3n) is 4.02. The number of halogens is 1. The highest BCUT2D eigenvalue weighted by Crippen LogP contribution is 2.32. The molecule has 0 fully saturated rings. The maximum atomic E-state index is 14.6. The molecule has 7 heteroatoms. The van der Waals surface area contributed by atoms with Gasteiger partial charge in [0.2, 0.25) is 0 Å². The zero-order valence-electron chi connectivity index (χ0n) is 15.5. The van der Waals surface area contributed by atoms with E-state index in [1.54, 1.807) is 29.7 Å². The van der Waals surface area contributed by atoms with Crippen molar-refractivity contribution in [2.24, 2.45) is 5.73 Å². The van der Waals surface area contributed by atoms with Gasteiger partial charge in [-0.25, -0.2) is 4.39 Å². The first-order valence-corrected chi connectivity index (χ1v) is 10.2. The van der Waals surface area contributed by atoms with E-state index in [-0.39, 0.29) is 17.2 Å². The van der Waals surface area contributed by atoms with E-state index in [2.05, 4.69) is 11.9 Å². The van der Waals surface area contributed by atoms with Crippen LogP contribution >= 0.6 is 10.5 Å². The van der Waals surface area contributed by atoms with Gasteiger partial charge in [-0.1, -0.05) is 11.9 Å². The Kier molecular flexibility index (Phi) is 7.11. The highest BCUT2D eigenvalue weighted by Gasteiger charge is 2.21. The van der Waals surface area contributed by atoms with Crippen LogP contribution in [0.1, 0.15) is 16.8 Å². The van der Waals surface area contributed by atoms with Gasteiger partial charge in [-0.15, -0.1) is 0 Å². The molecule has 0 radical (unpaired) electrons. The van der Waals surface area contributed by atoms with Gasteiger partial charge in [0.25, 0.3) is 0 Å². The minimum absolute atomic E-state index is 0.00101. The number of nitrogens with two attached hydrogens (primary N) is 1. The maximum Gasteiger partial charge on any atom is 0.132 e. The van der Waals surface area contributed by atoms with Gasteiger partial charge in [-0.2, -0.15) is 15.7 Å². The van der Waals surface area contributed by atoms with E-state index in [1.165, 1.54) is 12.3 Å². The van der Waals surface area contributed by atoms with Crippen molar-refractivity contribution in [2.45, 2.75) is 13.7 Å². The largest absolute Gasteiger partial charge is 0.404 e. The van der Waals surface area contributed by atoms with Crippen molar-refractivity contribution >= 4 is 28.1 Å². The fourth-order valence-corrected chi connectivity index (χ4v) is 3.08. The summed E-state index contributed by atoms with van der Waals surface area (Å²) in [5.74, 6) is 4.34. The average molecular weight is 386 g/mol. The third kappa shape index (κ3) is 4.73. The molecule has 0 saturated heterocycles. The first-order chi connectivity index (χ1) is 12.9. The lowest BCUT2D eigenvalue weighted by Crippen LogP contribution is -2.11. The Labute approximate surface area is 161 Å². The number of nitrogens with zero attached hydrogens (tertiary/aromatic N) is 2. The molecule has 0 bridgehead atoms. The van der Waals surface area contributed by atoms with Gasteiger partial charge in [0, 0.05) is 29.3 Å². The van der Waals surface area contributed by atoms with Crippen LogP contribution in [-0.4, -0.2) is 35.3 Å². The van der Waals surface area contributed by atoms with E-state index in [9.17, 15) is 9.65 Å². The van der Waals surface area contributed by atoms with E-state index in [0.29, 0.717) is 34.7 Å². The maximum absolute atomic E-state index is 14.6. The predicted molar refractivity (Wildman–Crippen MR) is 112 cm³/mol. The number of nitriles is 1. The second kappa shape index (κ2) is 9.31. The van der Waals surface area contributed by atoms with Gasteiger partial charge in [-0.05, 0) is 36.9 Å². The lowest BCUT2D eigenvalue weighted by Gasteiger charge is -2.15.